The largest absolute Gasteiger partial charge is 0.343 e. The zero-order chi connectivity index (χ0) is 5.54. The van der Waals surface area contributed by atoms with Crippen LogP contribution in [0.2, 0.25) is 0 Å². The van der Waals surface area contributed by atoms with Crippen LogP contribution in [0.1, 0.15) is 6.92 Å². The van der Waals surface area contributed by atoms with Gasteiger partial charge in [-0.15, -0.1) is 0 Å². The van der Waals surface area contributed by atoms with Crippen molar-refractivity contribution in [1.82, 2.24) is 0 Å². The average molecular weight is 102 g/mol. The molecule has 0 aromatic carbocycles. The molecule has 3 nitrogen and oxygen atoms in total. The Morgan fingerprint density at radius 2 is 2.14 bits per heavy atom. The number of hydrogen-bond acceptors (Lipinski definition) is 3. The Morgan fingerprint density at radius 1 is 1.43 bits per heavy atom. The fourth-order valence-electron chi connectivity index (χ4n) is 0.110. The summed E-state index contributed by atoms with van der Waals surface area (Å²) in [7, 11) is 0. The zero-order valence-electron chi connectivity index (χ0n) is 3.96. The van der Waals surface area contributed by atoms with E-state index in [-0.39, 0.29) is 6.47 Å². The predicted molar refractivity (Wildman–Crippen MR) is 23.0 cm³/mol. The predicted octanol–water partition coefficient (Wildman–Crippen LogP) is 0.625. The molecule has 0 bridgehead atoms. The number of carbonyl (C=O) groups is 1. The summed E-state index contributed by atoms with van der Waals surface area (Å²) in [6.07, 6.45) is 2.86. The average Bonchev–Trinajstić information content (AvgIpc) is 1.69. The molecule has 0 fully saturated rings. The second kappa shape index (κ2) is 5.01. The third-order valence-corrected chi connectivity index (χ3v) is 0.286. The van der Waals surface area contributed by atoms with E-state index >= 15 is 0 Å². The molecule has 0 spiro atoms. The Labute approximate surface area is 41.5 Å². The molecular weight excluding hydrogens is 96.0 g/mol. The van der Waals surface area contributed by atoms with Gasteiger partial charge in [-0.1, -0.05) is 0 Å². The molecule has 7 heavy (non-hydrogen) atoms. The highest BCUT2D eigenvalue weighted by Gasteiger charge is 1.67. The van der Waals surface area contributed by atoms with Crippen molar-refractivity contribution in [1.29, 1.82) is 0 Å². The highest BCUT2D eigenvalue weighted by molar-refractivity contribution is 5.35. The van der Waals surface area contributed by atoms with Gasteiger partial charge in [-0.3, -0.25) is 14.6 Å². The first-order valence-electron chi connectivity index (χ1n) is 1.78. The standard InChI is InChI=1S/C4H6O3/c1-2-3-6-7-4-5/h2-4H,1H3. The van der Waals surface area contributed by atoms with E-state index in [1.807, 2.05) is 0 Å². The van der Waals surface area contributed by atoms with Crippen molar-refractivity contribution in [2.45, 2.75) is 6.92 Å². The van der Waals surface area contributed by atoms with Crippen LogP contribution in [-0.4, -0.2) is 6.47 Å². The summed E-state index contributed by atoms with van der Waals surface area (Å²) in [4.78, 5) is 17.2. The topological polar surface area (TPSA) is 35.5 Å². The highest BCUT2D eigenvalue weighted by atomic mass is 17.2. The van der Waals surface area contributed by atoms with Gasteiger partial charge in [0.2, 0.25) is 0 Å². The maximum atomic E-state index is 9.30. The highest BCUT2D eigenvalue weighted by Crippen LogP contribution is 1.73. The maximum absolute atomic E-state index is 9.30. The first kappa shape index (κ1) is 6.01. The molecule has 0 aliphatic rings. The molecule has 0 aromatic rings. The molecule has 0 saturated heterocycles. The summed E-state index contributed by atoms with van der Waals surface area (Å²) < 4.78 is 0. The summed E-state index contributed by atoms with van der Waals surface area (Å²) in [5.74, 6) is 0. The van der Waals surface area contributed by atoms with Gasteiger partial charge in [0.1, 0.15) is 6.26 Å². The maximum Gasteiger partial charge on any atom is 0.343 e. The Kier molecular flexibility index (Phi) is 4.30. The van der Waals surface area contributed by atoms with Crippen LogP contribution in [0.5, 0.6) is 0 Å². The van der Waals surface area contributed by atoms with E-state index in [2.05, 4.69) is 9.78 Å². The lowest BCUT2D eigenvalue weighted by Crippen LogP contribution is -1.80. The monoisotopic (exact) mass is 102 g/mol. The van der Waals surface area contributed by atoms with Gasteiger partial charge in [0.25, 0.3) is 0 Å². The molecular formula is C4H6O3. The summed E-state index contributed by atoms with van der Waals surface area (Å²) >= 11 is 0. The molecule has 0 N–H and O–H groups in total. The Morgan fingerprint density at radius 3 is 2.57 bits per heavy atom. The van der Waals surface area contributed by atoms with E-state index in [1.165, 1.54) is 6.26 Å². The minimum Gasteiger partial charge on any atom is -0.296 e. The molecule has 40 valence electrons. The van der Waals surface area contributed by atoms with Crippen LogP contribution in [0.4, 0.5) is 0 Å². The fourth-order valence-corrected chi connectivity index (χ4v) is 0.110. The van der Waals surface area contributed by atoms with E-state index in [1.54, 1.807) is 13.0 Å². The van der Waals surface area contributed by atoms with E-state index in [0.29, 0.717) is 0 Å². The molecule has 0 radical (unpaired) electrons. The lowest BCUT2D eigenvalue weighted by molar-refractivity contribution is -0.222. The van der Waals surface area contributed by atoms with Crippen molar-refractivity contribution in [3.8, 4) is 0 Å². The molecule has 0 aliphatic carbocycles. The van der Waals surface area contributed by atoms with Crippen LogP contribution in [0, 0.1) is 0 Å². The van der Waals surface area contributed by atoms with Crippen molar-refractivity contribution in [3.63, 3.8) is 0 Å². The Balaban J connectivity index is 2.82. The summed E-state index contributed by atoms with van der Waals surface area (Å²) in [6, 6.07) is 0. The number of carbonyl (C=O) groups excluding carboxylic acids is 1. The smallest absolute Gasteiger partial charge is 0.296 e. The van der Waals surface area contributed by atoms with Crippen LogP contribution in [0.25, 0.3) is 0 Å². The third-order valence-electron chi connectivity index (χ3n) is 0.286. The molecule has 3 heteroatoms. The van der Waals surface area contributed by atoms with Gasteiger partial charge in [-0.2, -0.15) is 0 Å². The molecule has 0 rings (SSSR count). The Bertz CT molecular complexity index is 67.3. The van der Waals surface area contributed by atoms with Crippen LogP contribution >= 0.6 is 0 Å². The van der Waals surface area contributed by atoms with Crippen molar-refractivity contribution in [2.75, 3.05) is 0 Å². The normalized spacial score (nSPS) is 8.71. The lowest BCUT2D eigenvalue weighted by atomic mass is 10.7. The first-order chi connectivity index (χ1) is 3.41. The van der Waals surface area contributed by atoms with E-state index in [4.69, 9.17) is 0 Å². The van der Waals surface area contributed by atoms with Gasteiger partial charge >= 0.3 is 6.47 Å². The number of hydrogen-bond donors (Lipinski definition) is 0. The van der Waals surface area contributed by atoms with Crippen molar-refractivity contribution < 1.29 is 14.6 Å². The van der Waals surface area contributed by atoms with Crippen LogP contribution in [0.3, 0.4) is 0 Å². The minimum atomic E-state index is 0.208. The Hall–Kier alpha value is -0.990. The minimum absolute atomic E-state index is 0.208. The summed E-state index contributed by atoms with van der Waals surface area (Å²) in [6.45, 7) is 1.95. The van der Waals surface area contributed by atoms with Crippen molar-refractivity contribution in [3.05, 3.63) is 12.3 Å². The van der Waals surface area contributed by atoms with Gasteiger partial charge in [-0.05, 0) is 13.0 Å². The molecule has 0 saturated carbocycles. The van der Waals surface area contributed by atoms with Gasteiger partial charge in [0.05, 0.1) is 0 Å². The molecule has 0 aromatic heterocycles. The van der Waals surface area contributed by atoms with Crippen LogP contribution in [-0.2, 0) is 14.6 Å². The van der Waals surface area contributed by atoms with E-state index < -0.39 is 0 Å². The third kappa shape index (κ3) is 5.01. The molecule has 0 aliphatic heterocycles. The first-order valence-corrected chi connectivity index (χ1v) is 1.78. The van der Waals surface area contributed by atoms with Crippen LogP contribution in [0.15, 0.2) is 12.3 Å². The summed E-state index contributed by atoms with van der Waals surface area (Å²) in [5, 5.41) is 0. The molecule has 0 heterocycles. The van der Waals surface area contributed by atoms with Crippen molar-refractivity contribution in [2.24, 2.45) is 0 Å². The fraction of sp³-hybridized carbons (Fsp3) is 0.250. The van der Waals surface area contributed by atoms with Gasteiger partial charge in [0, 0.05) is 0 Å². The second-order valence-corrected chi connectivity index (χ2v) is 0.758. The molecule has 0 atom stereocenters. The van der Waals surface area contributed by atoms with Crippen LogP contribution < -0.4 is 0 Å². The van der Waals surface area contributed by atoms with E-state index in [0.717, 1.165) is 0 Å². The SMILES string of the molecule is CC=COOC=O. The molecule has 0 unspecified atom stereocenters. The number of rotatable bonds is 3. The zero-order valence-corrected chi connectivity index (χ0v) is 3.96. The number of allylic oxidation sites excluding steroid dienone is 1. The quantitative estimate of drug-likeness (QED) is 0.172. The van der Waals surface area contributed by atoms with Gasteiger partial charge in [-0.25, -0.2) is 0 Å². The van der Waals surface area contributed by atoms with E-state index in [9.17, 15) is 4.79 Å². The van der Waals surface area contributed by atoms with Crippen molar-refractivity contribution >= 4 is 6.47 Å². The lowest BCUT2D eigenvalue weighted by Gasteiger charge is -1.85. The molecule has 0 amide bonds. The van der Waals surface area contributed by atoms with Gasteiger partial charge < -0.3 is 0 Å². The van der Waals surface area contributed by atoms with Gasteiger partial charge in [0.15, 0.2) is 0 Å². The second-order valence-electron chi connectivity index (χ2n) is 0.758. The summed E-state index contributed by atoms with van der Waals surface area (Å²) in [5.41, 5.74) is 0.